The maximum Gasteiger partial charge on any atom is 1.00 e. The number of phenolic OH excluding ortho intramolecular Hbond substituents is 1. The molecule has 2 aromatic carbocycles. The van der Waals surface area contributed by atoms with E-state index < -0.39 is 27.3 Å². The van der Waals surface area contributed by atoms with Crippen LogP contribution in [0.5, 0.6) is 11.5 Å². The van der Waals surface area contributed by atoms with Crippen molar-refractivity contribution in [1.82, 2.24) is 0 Å². The molecule has 1 atom stereocenters. The molecule has 3 N–H and O–H groups in total. The van der Waals surface area contributed by atoms with Gasteiger partial charge in [-0.3, -0.25) is 9.59 Å². The SMILES string of the molecule is CCCc1c(OCCCS(=O)(=O)c2ccc(C(O)C(C)(C)CC(=O)O)cc2)ccc(C(C)=O)c1O.[H-].[Na+]. The van der Waals surface area contributed by atoms with E-state index in [4.69, 9.17) is 9.84 Å². The van der Waals surface area contributed by atoms with E-state index in [0.717, 1.165) is 6.42 Å². The molecule has 0 amide bonds. The Labute approximate surface area is 236 Å². The van der Waals surface area contributed by atoms with Gasteiger partial charge in [0.2, 0.25) is 0 Å². The van der Waals surface area contributed by atoms with Crippen LogP contribution < -0.4 is 34.3 Å². The number of hydrogen-bond acceptors (Lipinski definition) is 7. The van der Waals surface area contributed by atoms with Gasteiger partial charge in [-0.1, -0.05) is 39.3 Å². The number of rotatable bonds is 13. The van der Waals surface area contributed by atoms with Gasteiger partial charge in [0.1, 0.15) is 11.5 Å². The Morgan fingerprint density at radius 3 is 2.25 bits per heavy atom. The quantitative estimate of drug-likeness (QED) is 0.201. The number of aliphatic hydroxyl groups excluding tert-OH is 1. The van der Waals surface area contributed by atoms with Gasteiger partial charge in [0.15, 0.2) is 15.6 Å². The van der Waals surface area contributed by atoms with Gasteiger partial charge in [0.25, 0.3) is 0 Å². The van der Waals surface area contributed by atoms with E-state index in [2.05, 4.69) is 0 Å². The van der Waals surface area contributed by atoms with Crippen LogP contribution in [0.4, 0.5) is 0 Å². The Balaban J connectivity index is 0.00000648. The zero-order valence-corrected chi connectivity index (χ0v) is 24.4. The molecule has 0 heterocycles. The first-order chi connectivity index (χ1) is 16.3. The predicted octanol–water partition coefficient (Wildman–Crippen LogP) is 1.44. The zero-order valence-electron chi connectivity index (χ0n) is 22.6. The topological polar surface area (TPSA) is 138 Å². The summed E-state index contributed by atoms with van der Waals surface area (Å²) in [5, 5.41) is 30.0. The molecule has 36 heavy (non-hydrogen) atoms. The first-order valence-electron chi connectivity index (χ1n) is 11.5. The van der Waals surface area contributed by atoms with E-state index in [0.29, 0.717) is 23.3 Å². The molecule has 2 rings (SSSR count). The second kappa shape index (κ2) is 13.6. The molecule has 8 nitrogen and oxygen atoms in total. The van der Waals surface area contributed by atoms with E-state index in [1.807, 2.05) is 6.92 Å². The summed E-state index contributed by atoms with van der Waals surface area (Å²) in [6, 6.07) is 8.91. The van der Waals surface area contributed by atoms with E-state index >= 15 is 0 Å². The Morgan fingerprint density at radius 2 is 1.72 bits per heavy atom. The zero-order chi connectivity index (χ0) is 26.4. The monoisotopic (exact) mass is 530 g/mol. The third-order valence-corrected chi connectivity index (χ3v) is 7.65. The summed E-state index contributed by atoms with van der Waals surface area (Å²) in [7, 11) is -3.61. The number of ketones is 1. The van der Waals surface area contributed by atoms with Gasteiger partial charge < -0.3 is 21.5 Å². The van der Waals surface area contributed by atoms with Crippen LogP contribution in [0.1, 0.15) is 76.0 Å². The standard InChI is InChI=1S/C26H34O8S.Na.H/c1-5-7-21-22(13-12-20(17(2)27)24(21)30)34-14-6-15-35(32,33)19-10-8-18(9-11-19)25(31)26(3,4)16-23(28)29;;/h8-13,25,30-31H,5-7,14-16H2,1-4H3,(H,28,29);;/q;+1;-1. The first kappa shape index (κ1) is 32.1. The molecule has 1 unspecified atom stereocenters. The third kappa shape index (κ3) is 8.31. The van der Waals surface area contributed by atoms with Gasteiger partial charge in [-0.2, -0.15) is 0 Å². The van der Waals surface area contributed by atoms with Gasteiger partial charge in [-0.25, -0.2) is 8.42 Å². The number of sulfone groups is 1. The molecule has 0 bridgehead atoms. The Hall–Kier alpha value is -1.91. The molecule has 0 spiro atoms. The van der Waals surface area contributed by atoms with E-state index in [9.17, 15) is 28.2 Å². The number of carboxylic acids is 1. The fourth-order valence-corrected chi connectivity index (χ4v) is 5.16. The van der Waals surface area contributed by atoms with Crippen molar-refractivity contribution >= 4 is 21.6 Å². The van der Waals surface area contributed by atoms with Crippen LogP contribution in [0.3, 0.4) is 0 Å². The summed E-state index contributed by atoms with van der Waals surface area (Å²) in [5.41, 5.74) is 0.277. The van der Waals surface area contributed by atoms with E-state index in [-0.39, 0.29) is 78.2 Å². The van der Waals surface area contributed by atoms with E-state index in [1.54, 1.807) is 19.9 Å². The largest absolute Gasteiger partial charge is 1.00 e. The van der Waals surface area contributed by atoms with Crippen LogP contribution in [0, 0.1) is 5.41 Å². The molecule has 0 aromatic heterocycles. The average molecular weight is 531 g/mol. The van der Waals surface area contributed by atoms with Crippen molar-refractivity contribution in [3.05, 3.63) is 53.1 Å². The number of Topliss-reactive ketones (excluding diaryl/α,β-unsaturated/α-hetero) is 1. The average Bonchev–Trinajstić information content (AvgIpc) is 2.77. The van der Waals surface area contributed by atoms with Gasteiger partial charge in [0, 0.05) is 11.0 Å². The van der Waals surface area contributed by atoms with Crippen molar-refractivity contribution in [2.45, 2.75) is 64.4 Å². The number of ether oxygens (including phenoxy) is 1. The number of carboxylic acid groups (broad SMARTS) is 1. The van der Waals surface area contributed by atoms with Crippen molar-refractivity contribution < 1.29 is 69.0 Å². The Kier molecular flexibility index (Phi) is 12.1. The number of hydrogen-bond donors (Lipinski definition) is 3. The van der Waals surface area contributed by atoms with Crippen molar-refractivity contribution in [2.75, 3.05) is 12.4 Å². The van der Waals surface area contributed by atoms with Gasteiger partial charge >= 0.3 is 35.5 Å². The van der Waals surface area contributed by atoms with Crippen LogP contribution in [-0.4, -0.2) is 47.8 Å². The van der Waals surface area contributed by atoms with Gasteiger partial charge in [-0.15, -0.1) is 0 Å². The van der Waals surface area contributed by atoms with Gasteiger partial charge in [-0.05, 0) is 49.6 Å². The minimum atomic E-state index is -3.61. The molecule has 0 radical (unpaired) electrons. The summed E-state index contributed by atoms with van der Waals surface area (Å²) < 4.78 is 31.2. The third-order valence-electron chi connectivity index (χ3n) is 5.84. The Morgan fingerprint density at radius 1 is 1.11 bits per heavy atom. The molecular formula is C26H35NaO8S. The maximum absolute atomic E-state index is 12.7. The van der Waals surface area contributed by atoms with Crippen LogP contribution in [0.2, 0.25) is 0 Å². The molecule has 0 saturated carbocycles. The van der Waals surface area contributed by atoms with E-state index in [1.165, 1.54) is 37.3 Å². The van der Waals surface area contributed by atoms with Crippen LogP contribution in [0.15, 0.2) is 41.3 Å². The Bertz CT molecular complexity index is 1160. The number of carbonyl (C=O) groups excluding carboxylic acids is 1. The number of aliphatic hydroxyl groups is 1. The predicted molar refractivity (Wildman–Crippen MR) is 133 cm³/mol. The van der Waals surface area contributed by atoms with Crippen LogP contribution >= 0.6 is 0 Å². The van der Waals surface area contributed by atoms with Crippen LogP contribution in [0.25, 0.3) is 0 Å². The second-order valence-electron chi connectivity index (χ2n) is 9.30. The van der Waals surface area contributed by atoms with Gasteiger partial charge in [0.05, 0.1) is 35.3 Å². The molecule has 2 aromatic rings. The normalized spacial score (nSPS) is 12.5. The minimum Gasteiger partial charge on any atom is -1.00 e. The molecule has 10 heteroatoms. The number of aromatic hydroxyl groups is 1. The molecule has 194 valence electrons. The fraction of sp³-hybridized carbons (Fsp3) is 0.462. The second-order valence-corrected chi connectivity index (χ2v) is 11.4. The molecule has 0 fully saturated rings. The summed E-state index contributed by atoms with van der Waals surface area (Å²) in [6.45, 7) is 6.69. The minimum absolute atomic E-state index is 0. The molecular weight excluding hydrogens is 495 g/mol. The number of benzene rings is 2. The summed E-state index contributed by atoms with van der Waals surface area (Å²) in [5.74, 6) is -1.11. The fourth-order valence-electron chi connectivity index (χ4n) is 3.87. The van der Waals surface area contributed by atoms with Crippen molar-refractivity contribution in [2.24, 2.45) is 5.41 Å². The van der Waals surface area contributed by atoms with Crippen molar-refractivity contribution in [3.8, 4) is 11.5 Å². The summed E-state index contributed by atoms with van der Waals surface area (Å²) in [6.07, 6.45) is 0.162. The van der Waals surface area contributed by atoms with Crippen molar-refractivity contribution in [1.29, 1.82) is 0 Å². The number of phenols is 1. The maximum atomic E-state index is 12.7. The summed E-state index contributed by atoms with van der Waals surface area (Å²) >= 11 is 0. The van der Waals surface area contributed by atoms with Crippen LogP contribution in [-0.2, 0) is 21.1 Å². The number of aliphatic carboxylic acids is 1. The van der Waals surface area contributed by atoms with Crippen molar-refractivity contribution in [3.63, 3.8) is 0 Å². The molecule has 0 aliphatic heterocycles. The molecule has 0 saturated heterocycles. The molecule has 0 aliphatic rings. The molecule has 0 aliphatic carbocycles. The first-order valence-corrected chi connectivity index (χ1v) is 13.2. The summed E-state index contributed by atoms with van der Waals surface area (Å²) in [4.78, 5) is 22.8. The smallest absolute Gasteiger partial charge is 1.00 e. The number of carbonyl (C=O) groups is 2.